The first-order valence-corrected chi connectivity index (χ1v) is 9.93. The average molecular weight is 419 g/mol. The van der Waals surface area contributed by atoms with Crippen molar-refractivity contribution in [2.24, 2.45) is 0 Å². The number of aromatic nitrogens is 1. The summed E-state index contributed by atoms with van der Waals surface area (Å²) in [6, 6.07) is 8.06. The number of rotatable bonds is 5. The largest absolute Gasteiger partial charge is 0.486 e. The number of anilines is 2. The Morgan fingerprint density at radius 1 is 1.21 bits per heavy atom. The first kappa shape index (κ1) is 20.3. The molecule has 3 rings (SSSR count). The number of amides is 1. The minimum atomic E-state index is -0.422. The number of hydrogen-bond donors (Lipinski definition) is 0. The average Bonchev–Trinajstić information content (AvgIpc) is 3.05. The van der Waals surface area contributed by atoms with Crippen LogP contribution in [-0.2, 0) is 11.4 Å². The van der Waals surface area contributed by atoms with Gasteiger partial charge in [-0.15, -0.1) is 11.3 Å². The Hall–Kier alpha value is -2.44. The molecule has 28 heavy (non-hydrogen) atoms. The van der Waals surface area contributed by atoms with E-state index >= 15 is 0 Å². The fourth-order valence-electron chi connectivity index (χ4n) is 3.12. The van der Waals surface area contributed by atoms with E-state index in [1.165, 1.54) is 36.5 Å². The van der Waals surface area contributed by atoms with Crippen LogP contribution in [0.1, 0.15) is 29.3 Å². The highest BCUT2D eigenvalue weighted by Gasteiger charge is 2.22. The molecule has 0 aliphatic heterocycles. The van der Waals surface area contributed by atoms with Crippen molar-refractivity contribution in [1.29, 1.82) is 0 Å². The van der Waals surface area contributed by atoms with E-state index in [2.05, 4.69) is 4.98 Å². The lowest BCUT2D eigenvalue weighted by Crippen LogP contribution is -2.24. The van der Waals surface area contributed by atoms with Gasteiger partial charge in [0.1, 0.15) is 18.2 Å². The molecule has 0 radical (unpaired) electrons. The molecule has 0 fully saturated rings. The number of ether oxygens (including phenoxy) is 1. The van der Waals surface area contributed by atoms with Crippen LogP contribution in [0.2, 0.25) is 5.02 Å². The Kier molecular flexibility index (Phi) is 6.01. The van der Waals surface area contributed by atoms with Crippen molar-refractivity contribution in [1.82, 2.24) is 4.98 Å². The normalized spacial score (nSPS) is 10.8. The first-order chi connectivity index (χ1) is 13.3. The van der Waals surface area contributed by atoms with Crippen molar-refractivity contribution in [3.05, 3.63) is 68.9 Å². The summed E-state index contributed by atoms with van der Waals surface area (Å²) >= 11 is 7.35. The second-order valence-corrected chi connectivity index (χ2v) is 7.83. The minimum absolute atomic E-state index is 0.113. The topological polar surface area (TPSA) is 42.4 Å². The molecule has 0 bridgehead atoms. The summed E-state index contributed by atoms with van der Waals surface area (Å²) in [5.74, 6) is -0.154. The van der Waals surface area contributed by atoms with Gasteiger partial charge in [0.05, 0.1) is 16.4 Å². The molecule has 3 aromatic rings. The Balaban J connectivity index is 1.85. The lowest BCUT2D eigenvalue weighted by Gasteiger charge is -2.23. The molecular weight excluding hydrogens is 399 g/mol. The second-order valence-electron chi connectivity index (χ2n) is 6.59. The first-order valence-electron chi connectivity index (χ1n) is 8.67. The van der Waals surface area contributed by atoms with Gasteiger partial charge in [0, 0.05) is 12.3 Å². The smallest absolute Gasteiger partial charge is 0.230 e. The molecule has 7 heteroatoms. The molecule has 2 aromatic carbocycles. The third kappa shape index (κ3) is 4.34. The van der Waals surface area contributed by atoms with E-state index in [1.807, 2.05) is 38.3 Å². The maximum absolute atomic E-state index is 13.1. The summed E-state index contributed by atoms with van der Waals surface area (Å²) in [7, 11) is 0. The van der Waals surface area contributed by atoms with Crippen molar-refractivity contribution >= 4 is 39.7 Å². The van der Waals surface area contributed by atoms with E-state index < -0.39 is 5.82 Å². The van der Waals surface area contributed by atoms with Gasteiger partial charge in [0.2, 0.25) is 5.91 Å². The van der Waals surface area contributed by atoms with Crippen molar-refractivity contribution in [2.75, 3.05) is 4.90 Å². The van der Waals surface area contributed by atoms with Crippen LogP contribution in [0.5, 0.6) is 5.75 Å². The highest BCUT2D eigenvalue weighted by atomic mass is 35.5. The lowest BCUT2D eigenvalue weighted by atomic mass is 10.0. The Morgan fingerprint density at radius 2 is 1.89 bits per heavy atom. The SMILES string of the molecule is CC(=O)N(c1nc(COc2ccc(F)cc2Cl)cs1)c1c(C)cc(C)cc1C. The number of carbonyl (C=O) groups excluding carboxylic acids is 1. The highest BCUT2D eigenvalue weighted by Crippen LogP contribution is 2.35. The molecule has 1 heterocycles. The zero-order valence-corrected chi connectivity index (χ0v) is 17.6. The molecule has 146 valence electrons. The zero-order valence-electron chi connectivity index (χ0n) is 16.0. The predicted octanol–water partition coefficient (Wildman–Crippen LogP) is 6.12. The van der Waals surface area contributed by atoms with E-state index in [0.717, 1.165) is 22.4 Å². The van der Waals surface area contributed by atoms with E-state index in [0.29, 0.717) is 16.6 Å². The fraction of sp³-hybridized carbons (Fsp3) is 0.238. The third-order valence-corrected chi connectivity index (χ3v) is 5.34. The molecule has 0 atom stereocenters. The van der Waals surface area contributed by atoms with E-state index in [-0.39, 0.29) is 17.5 Å². The summed E-state index contributed by atoms with van der Waals surface area (Å²) in [6.45, 7) is 7.69. The molecule has 0 spiro atoms. The standard InChI is InChI=1S/C21H20ClFN2O2S/c1-12-7-13(2)20(14(3)8-12)25(15(4)26)21-24-17(11-28-21)10-27-19-6-5-16(23)9-18(19)22/h5-9,11H,10H2,1-4H3. The fourth-order valence-corrected chi connectivity index (χ4v) is 4.20. The van der Waals surface area contributed by atoms with Crippen molar-refractivity contribution in [3.63, 3.8) is 0 Å². The Morgan fingerprint density at radius 3 is 2.50 bits per heavy atom. The van der Waals surface area contributed by atoms with E-state index in [1.54, 1.807) is 4.90 Å². The van der Waals surface area contributed by atoms with Gasteiger partial charge in [-0.25, -0.2) is 9.37 Å². The number of carbonyl (C=O) groups is 1. The molecule has 1 aromatic heterocycles. The molecule has 0 unspecified atom stereocenters. The van der Waals surface area contributed by atoms with Gasteiger partial charge in [-0.1, -0.05) is 29.3 Å². The zero-order chi connectivity index (χ0) is 20.4. The van der Waals surface area contributed by atoms with Crippen LogP contribution in [0.15, 0.2) is 35.7 Å². The van der Waals surface area contributed by atoms with Crippen LogP contribution in [0, 0.1) is 26.6 Å². The van der Waals surface area contributed by atoms with E-state index in [9.17, 15) is 9.18 Å². The monoisotopic (exact) mass is 418 g/mol. The van der Waals surface area contributed by atoms with Crippen LogP contribution in [0.4, 0.5) is 15.2 Å². The van der Waals surface area contributed by atoms with E-state index in [4.69, 9.17) is 16.3 Å². The molecule has 0 saturated carbocycles. The maximum atomic E-state index is 13.1. The van der Waals surface area contributed by atoms with Crippen molar-refractivity contribution in [2.45, 2.75) is 34.3 Å². The van der Waals surface area contributed by atoms with Crippen LogP contribution in [0.25, 0.3) is 0 Å². The Bertz CT molecular complexity index is 1010. The molecule has 1 amide bonds. The van der Waals surface area contributed by atoms with Crippen molar-refractivity contribution in [3.8, 4) is 5.75 Å². The van der Waals surface area contributed by atoms with Gasteiger partial charge >= 0.3 is 0 Å². The van der Waals surface area contributed by atoms with Gasteiger partial charge in [-0.05, 0) is 50.1 Å². The molecule has 0 saturated heterocycles. The minimum Gasteiger partial charge on any atom is -0.486 e. The number of thiazole rings is 1. The number of hydrogen-bond acceptors (Lipinski definition) is 4. The number of nitrogens with zero attached hydrogens (tertiary/aromatic N) is 2. The molecule has 0 aliphatic rings. The maximum Gasteiger partial charge on any atom is 0.230 e. The summed E-state index contributed by atoms with van der Waals surface area (Å²) < 4.78 is 18.8. The van der Waals surface area contributed by atoms with Crippen LogP contribution in [0.3, 0.4) is 0 Å². The number of aryl methyl sites for hydroxylation is 3. The number of halogens is 2. The van der Waals surface area contributed by atoms with Crippen LogP contribution < -0.4 is 9.64 Å². The quantitative estimate of drug-likeness (QED) is 0.501. The Labute approximate surface area is 172 Å². The van der Waals surface area contributed by atoms with Gasteiger partial charge < -0.3 is 4.74 Å². The molecular formula is C21H20ClFN2O2S. The summed E-state index contributed by atoms with van der Waals surface area (Å²) in [5, 5.41) is 2.61. The van der Waals surface area contributed by atoms with Gasteiger partial charge in [0.25, 0.3) is 0 Å². The summed E-state index contributed by atoms with van der Waals surface area (Å²) in [6.07, 6.45) is 0. The molecule has 0 N–H and O–H groups in total. The second kappa shape index (κ2) is 8.29. The van der Waals surface area contributed by atoms with Crippen LogP contribution >= 0.6 is 22.9 Å². The third-order valence-electron chi connectivity index (χ3n) is 4.17. The summed E-state index contributed by atoms with van der Waals surface area (Å²) in [5.41, 5.74) is 4.68. The van der Waals surface area contributed by atoms with Gasteiger partial charge in [0.15, 0.2) is 5.13 Å². The molecule has 0 aliphatic carbocycles. The highest BCUT2D eigenvalue weighted by molar-refractivity contribution is 7.14. The summed E-state index contributed by atoms with van der Waals surface area (Å²) in [4.78, 5) is 18.6. The molecule has 4 nitrogen and oxygen atoms in total. The lowest BCUT2D eigenvalue weighted by molar-refractivity contribution is -0.115. The van der Waals surface area contributed by atoms with Crippen molar-refractivity contribution < 1.29 is 13.9 Å². The van der Waals surface area contributed by atoms with Gasteiger partial charge in [-0.3, -0.25) is 9.69 Å². The van der Waals surface area contributed by atoms with Crippen LogP contribution in [-0.4, -0.2) is 10.9 Å². The van der Waals surface area contributed by atoms with Gasteiger partial charge in [-0.2, -0.15) is 0 Å². The predicted molar refractivity (Wildman–Crippen MR) is 111 cm³/mol. The number of benzene rings is 2.